The number of benzene rings is 2. The van der Waals surface area contributed by atoms with Crippen molar-refractivity contribution in [2.24, 2.45) is 5.92 Å². The first-order chi connectivity index (χ1) is 15.3. The Labute approximate surface area is 185 Å². The Morgan fingerprint density at radius 1 is 1.09 bits per heavy atom. The van der Waals surface area contributed by atoms with E-state index in [1.807, 2.05) is 0 Å². The number of hydrogen-bond donors (Lipinski definition) is 1. The van der Waals surface area contributed by atoms with Crippen molar-refractivity contribution in [2.75, 3.05) is 20.2 Å². The van der Waals surface area contributed by atoms with Crippen molar-refractivity contribution in [3.05, 3.63) is 69.8 Å². The Kier molecular flexibility index (Phi) is 7.19. The number of likely N-dealkylation sites (tertiary alicyclic amines) is 1. The van der Waals surface area contributed by atoms with Gasteiger partial charge in [-0.1, -0.05) is 6.07 Å². The predicted molar refractivity (Wildman–Crippen MR) is 117 cm³/mol. The number of hydrogen-bond acceptors (Lipinski definition) is 6. The molecule has 1 N–H and O–H groups in total. The summed E-state index contributed by atoms with van der Waals surface area (Å²) in [4.78, 5) is 49.8. The number of rotatable bonds is 7. The molecule has 0 unspecified atom stereocenters. The van der Waals surface area contributed by atoms with Crippen LogP contribution in [-0.4, -0.2) is 53.7 Å². The van der Waals surface area contributed by atoms with Crippen LogP contribution in [0.4, 0.5) is 5.69 Å². The lowest BCUT2D eigenvalue weighted by Gasteiger charge is -2.33. The van der Waals surface area contributed by atoms with Crippen LogP contribution in [0.5, 0.6) is 5.75 Å². The predicted octanol–water partition coefficient (Wildman–Crippen LogP) is 2.84. The number of methoxy groups -OCH3 is 1. The first-order valence-electron chi connectivity index (χ1n) is 10.3. The summed E-state index contributed by atoms with van der Waals surface area (Å²) in [6, 6.07) is 11.5. The minimum Gasteiger partial charge on any atom is -0.497 e. The SMILES string of the molecule is COc1ccc(C(=O)C2CCN(C(=O)[C@H](C)NC(=O)c3cccc([N+](=O)[O-])c3)CC2)cc1. The van der Waals surface area contributed by atoms with Crippen LogP contribution in [0.3, 0.4) is 0 Å². The van der Waals surface area contributed by atoms with Crippen molar-refractivity contribution in [2.45, 2.75) is 25.8 Å². The highest BCUT2D eigenvalue weighted by Crippen LogP contribution is 2.23. The third-order valence-electron chi connectivity index (χ3n) is 5.59. The van der Waals surface area contributed by atoms with Crippen LogP contribution >= 0.6 is 0 Å². The summed E-state index contributed by atoms with van der Waals surface area (Å²) in [5.41, 5.74) is 0.538. The third kappa shape index (κ3) is 5.29. The van der Waals surface area contributed by atoms with Gasteiger partial charge in [-0.05, 0) is 50.1 Å². The van der Waals surface area contributed by atoms with Gasteiger partial charge in [-0.3, -0.25) is 24.5 Å². The van der Waals surface area contributed by atoms with E-state index in [1.54, 1.807) is 43.2 Å². The highest BCUT2D eigenvalue weighted by atomic mass is 16.6. The molecule has 1 aliphatic heterocycles. The van der Waals surface area contributed by atoms with E-state index in [9.17, 15) is 24.5 Å². The molecule has 1 fully saturated rings. The number of Topliss-reactive ketones (excluding diaryl/α,β-unsaturated/α-hetero) is 1. The summed E-state index contributed by atoms with van der Waals surface area (Å²) in [6.07, 6.45) is 1.09. The fraction of sp³-hybridized carbons (Fsp3) is 0.348. The molecule has 2 aromatic rings. The van der Waals surface area contributed by atoms with Gasteiger partial charge in [0.2, 0.25) is 5.91 Å². The van der Waals surface area contributed by atoms with Crippen LogP contribution in [0.1, 0.15) is 40.5 Å². The molecule has 3 rings (SSSR count). The Balaban J connectivity index is 1.54. The van der Waals surface area contributed by atoms with Crippen molar-refractivity contribution in [1.82, 2.24) is 10.2 Å². The fourth-order valence-electron chi connectivity index (χ4n) is 3.73. The number of ketones is 1. The molecule has 1 heterocycles. The zero-order chi connectivity index (χ0) is 23.3. The van der Waals surface area contributed by atoms with Gasteiger partial charge in [-0.25, -0.2) is 0 Å². The van der Waals surface area contributed by atoms with Crippen LogP contribution in [0, 0.1) is 16.0 Å². The first kappa shape index (κ1) is 22.9. The minimum atomic E-state index is -0.796. The zero-order valence-corrected chi connectivity index (χ0v) is 17.9. The highest BCUT2D eigenvalue weighted by Gasteiger charge is 2.30. The van der Waals surface area contributed by atoms with Gasteiger partial charge < -0.3 is 15.0 Å². The lowest BCUT2D eigenvalue weighted by atomic mass is 9.88. The highest BCUT2D eigenvalue weighted by molar-refractivity contribution is 5.99. The van der Waals surface area contributed by atoms with Gasteiger partial charge in [0.05, 0.1) is 12.0 Å². The summed E-state index contributed by atoms with van der Waals surface area (Å²) in [7, 11) is 1.57. The van der Waals surface area contributed by atoms with E-state index in [-0.39, 0.29) is 28.9 Å². The molecule has 0 radical (unpaired) electrons. The van der Waals surface area contributed by atoms with Gasteiger partial charge in [0.25, 0.3) is 11.6 Å². The number of carbonyl (C=O) groups is 3. The number of nitro groups is 1. The number of non-ortho nitro benzene ring substituents is 1. The van der Waals surface area contributed by atoms with Crippen molar-refractivity contribution >= 4 is 23.3 Å². The van der Waals surface area contributed by atoms with E-state index in [2.05, 4.69) is 5.32 Å². The van der Waals surface area contributed by atoms with Gasteiger partial charge in [0, 0.05) is 42.3 Å². The molecule has 1 saturated heterocycles. The number of nitro benzene ring substituents is 1. The van der Waals surface area contributed by atoms with E-state index < -0.39 is 16.9 Å². The van der Waals surface area contributed by atoms with Crippen LogP contribution in [-0.2, 0) is 4.79 Å². The third-order valence-corrected chi connectivity index (χ3v) is 5.59. The monoisotopic (exact) mass is 439 g/mol. The summed E-state index contributed by atoms with van der Waals surface area (Å²) in [5, 5.41) is 13.5. The van der Waals surface area contributed by atoms with Crippen molar-refractivity contribution in [3.63, 3.8) is 0 Å². The maximum atomic E-state index is 12.8. The number of nitrogens with one attached hydrogen (secondary N) is 1. The van der Waals surface area contributed by atoms with Gasteiger partial charge in [-0.2, -0.15) is 0 Å². The smallest absolute Gasteiger partial charge is 0.270 e. The molecule has 9 nitrogen and oxygen atoms in total. The summed E-state index contributed by atoms with van der Waals surface area (Å²) >= 11 is 0. The topological polar surface area (TPSA) is 119 Å². The molecule has 0 aromatic heterocycles. The molecule has 0 saturated carbocycles. The first-order valence-corrected chi connectivity index (χ1v) is 10.3. The average Bonchev–Trinajstić information content (AvgIpc) is 2.83. The second-order valence-corrected chi connectivity index (χ2v) is 7.69. The second-order valence-electron chi connectivity index (χ2n) is 7.69. The van der Waals surface area contributed by atoms with Gasteiger partial charge in [0.15, 0.2) is 5.78 Å². The van der Waals surface area contributed by atoms with Gasteiger partial charge in [0.1, 0.15) is 11.8 Å². The largest absolute Gasteiger partial charge is 0.497 e. The maximum Gasteiger partial charge on any atom is 0.270 e. The number of piperidine rings is 1. The minimum absolute atomic E-state index is 0.0479. The summed E-state index contributed by atoms with van der Waals surface area (Å²) in [5.74, 6) is -0.240. The van der Waals surface area contributed by atoms with Crippen LogP contribution in [0.2, 0.25) is 0 Å². The molecular weight excluding hydrogens is 414 g/mol. The lowest BCUT2D eigenvalue weighted by molar-refractivity contribution is -0.384. The summed E-state index contributed by atoms with van der Waals surface area (Å²) in [6.45, 7) is 2.41. The summed E-state index contributed by atoms with van der Waals surface area (Å²) < 4.78 is 5.11. The Hall–Kier alpha value is -3.75. The second kappa shape index (κ2) is 10.0. The molecule has 2 aromatic carbocycles. The number of nitrogens with zero attached hydrogens (tertiary/aromatic N) is 2. The van der Waals surface area contributed by atoms with Crippen molar-refractivity contribution < 1.29 is 24.0 Å². The number of carbonyl (C=O) groups excluding carboxylic acids is 3. The zero-order valence-electron chi connectivity index (χ0n) is 17.9. The fourth-order valence-corrected chi connectivity index (χ4v) is 3.73. The average molecular weight is 439 g/mol. The maximum absolute atomic E-state index is 12.8. The normalized spacial score (nSPS) is 15.0. The molecule has 2 amide bonds. The molecule has 168 valence electrons. The molecule has 0 aliphatic carbocycles. The van der Waals surface area contributed by atoms with Crippen molar-refractivity contribution in [3.8, 4) is 5.75 Å². The Morgan fingerprint density at radius 2 is 1.75 bits per heavy atom. The number of ether oxygens (including phenoxy) is 1. The molecule has 9 heteroatoms. The number of amides is 2. The van der Waals surface area contributed by atoms with Crippen molar-refractivity contribution in [1.29, 1.82) is 0 Å². The molecule has 0 bridgehead atoms. The Morgan fingerprint density at radius 3 is 2.34 bits per heavy atom. The van der Waals surface area contributed by atoms with Gasteiger partial charge in [-0.15, -0.1) is 0 Å². The van der Waals surface area contributed by atoms with E-state index >= 15 is 0 Å². The van der Waals surface area contributed by atoms with E-state index in [4.69, 9.17) is 4.74 Å². The van der Waals surface area contributed by atoms with Gasteiger partial charge >= 0.3 is 0 Å². The van der Waals surface area contributed by atoms with E-state index in [0.717, 1.165) is 0 Å². The standard InChI is InChI=1S/C23H25N3O6/c1-15(24-22(28)18-4-3-5-19(14-18)26(30)31)23(29)25-12-10-17(11-13-25)21(27)16-6-8-20(32-2)9-7-16/h3-9,14-15,17H,10-13H2,1-2H3,(H,24,28)/t15-/m0/s1. The van der Waals surface area contributed by atoms with E-state index in [1.165, 1.54) is 24.3 Å². The molecule has 0 spiro atoms. The molecule has 1 aliphatic rings. The van der Waals surface area contributed by atoms with Crippen LogP contribution in [0.15, 0.2) is 48.5 Å². The quantitative estimate of drug-likeness (QED) is 0.403. The molecular formula is C23H25N3O6. The van der Waals surface area contributed by atoms with Crippen LogP contribution < -0.4 is 10.1 Å². The molecule has 1 atom stereocenters. The Bertz CT molecular complexity index is 1010. The lowest BCUT2D eigenvalue weighted by Crippen LogP contribution is -2.49. The van der Waals surface area contributed by atoms with E-state index in [0.29, 0.717) is 37.2 Å². The molecule has 32 heavy (non-hydrogen) atoms. The van der Waals surface area contributed by atoms with Crippen LogP contribution in [0.25, 0.3) is 0 Å².